The molecular formula is C34H37FN6O5S. The number of piperidine rings is 1. The molecule has 0 radical (unpaired) electrons. The first-order chi connectivity index (χ1) is 22.4. The number of halogens is 1. The zero-order chi connectivity index (χ0) is 33.7. The summed E-state index contributed by atoms with van der Waals surface area (Å²) in [7, 11) is 0. The highest BCUT2D eigenvalue weighted by Gasteiger charge is 2.26. The van der Waals surface area contributed by atoms with Gasteiger partial charge in [-0.3, -0.25) is 19.5 Å². The normalized spacial score (nSPS) is 14.5. The van der Waals surface area contributed by atoms with E-state index in [-0.39, 0.29) is 25.3 Å². The number of carbonyl (C=O) groups excluding carboxylic acids is 2. The number of nitrogens with one attached hydrogen (secondary N) is 1. The minimum absolute atomic E-state index is 0.00199. The highest BCUT2D eigenvalue weighted by molar-refractivity contribution is 7.99. The first-order valence-electron chi connectivity index (χ1n) is 15.3. The number of nitrogens with two attached hydrogens (primary N) is 1. The van der Waals surface area contributed by atoms with E-state index in [1.807, 2.05) is 23.1 Å². The Labute approximate surface area is 275 Å². The Kier molecular flexibility index (Phi) is 10.2. The number of amides is 1. The number of para-hydroxylation sites is 1. The fourth-order valence-corrected chi connectivity index (χ4v) is 6.50. The summed E-state index contributed by atoms with van der Waals surface area (Å²) >= 11 is 1.69. The Bertz CT molecular complexity index is 1850. The number of nitrogens with zero attached hydrogens (tertiary/aromatic N) is 4. The molecule has 0 aliphatic carbocycles. The summed E-state index contributed by atoms with van der Waals surface area (Å²) in [5.74, 6) is -1.20. The molecule has 2 aromatic heterocycles. The number of aromatic nitrogens is 3. The van der Waals surface area contributed by atoms with Gasteiger partial charge in [0.05, 0.1) is 27.7 Å². The quantitative estimate of drug-likeness (QED) is 0.206. The van der Waals surface area contributed by atoms with Gasteiger partial charge < -0.3 is 20.1 Å². The van der Waals surface area contributed by atoms with Crippen molar-refractivity contribution in [3.05, 3.63) is 82.0 Å². The minimum atomic E-state index is -1.08. The number of pyridine rings is 1. The van der Waals surface area contributed by atoms with Crippen LogP contribution in [0.4, 0.5) is 10.1 Å². The molecule has 13 heteroatoms. The number of anilines is 1. The van der Waals surface area contributed by atoms with Crippen LogP contribution in [0.3, 0.4) is 0 Å². The summed E-state index contributed by atoms with van der Waals surface area (Å²) in [6, 6.07) is 14.4. The predicted molar refractivity (Wildman–Crippen MR) is 177 cm³/mol. The molecule has 3 N–H and O–H groups in total. The number of rotatable bonds is 11. The molecule has 0 saturated carbocycles. The van der Waals surface area contributed by atoms with Crippen molar-refractivity contribution < 1.29 is 23.5 Å². The SMILES string of the molecule is CC(C)(C)OC(=O)CCC(C(N)=O)n1[nH]c2c(OCc3ccc(SC4CCN(c5ccc(C#N)cc5F)CC4)nc3)cccc2c1=O. The number of aromatic amines is 1. The molecule has 47 heavy (non-hydrogen) atoms. The second-order valence-electron chi connectivity index (χ2n) is 12.4. The van der Waals surface area contributed by atoms with Gasteiger partial charge in [-0.25, -0.2) is 14.1 Å². The maximum Gasteiger partial charge on any atom is 0.306 e. The van der Waals surface area contributed by atoms with Crippen LogP contribution >= 0.6 is 11.8 Å². The van der Waals surface area contributed by atoms with Gasteiger partial charge in [0, 0.05) is 36.5 Å². The van der Waals surface area contributed by atoms with Crippen LogP contribution < -0.4 is 20.9 Å². The van der Waals surface area contributed by atoms with E-state index in [1.54, 1.807) is 69.1 Å². The molecule has 4 aromatic rings. The number of primary amides is 1. The Hall–Kier alpha value is -4.83. The van der Waals surface area contributed by atoms with Crippen LogP contribution in [0.25, 0.3) is 10.9 Å². The van der Waals surface area contributed by atoms with Crippen LogP contribution in [0.5, 0.6) is 5.75 Å². The van der Waals surface area contributed by atoms with Crippen LogP contribution in [-0.4, -0.2) is 50.6 Å². The molecule has 3 heterocycles. The van der Waals surface area contributed by atoms with E-state index in [9.17, 15) is 18.8 Å². The first kappa shape index (κ1) is 33.5. The Morgan fingerprint density at radius 2 is 1.96 bits per heavy atom. The largest absolute Gasteiger partial charge is 0.487 e. The van der Waals surface area contributed by atoms with Crippen LogP contribution in [0.1, 0.15) is 63.6 Å². The molecule has 1 saturated heterocycles. The van der Waals surface area contributed by atoms with Gasteiger partial charge in [-0.05, 0) is 76.4 Å². The average molecular weight is 661 g/mol. The van der Waals surface area contributed by atoms with E-state index < -0.39 is 29.1 Å². The average Bonchev–Trinajstić information content (AvgIpc) is 3.36. The van der Waals surface area contributed by atoms with Crippen LogP contribution in [-0.2, 0) is 20.9 Å². The number of ether oxygens (including phenoxy) is 2. The highest BCUT2D eigenvalue weighted by Crippen LogP contribution is 2.32. The zero-order valence-corrected chi connectivity index (χ0v) is 27.3. The van der Waals surface area contributed by atoms with Crippen molar-refractivity contribution in [2.24, 2.45) is 5.73 Å². The molecule has 1 amide bonds. The lowest BCUT2D eigenvalue weighted by Crippen LogP contribution is -2.35. The van der Waals surface area contributed by atoms with Crippen molar-refractivity contribution in [2.45, 2.75) is 75.0 Å². The van der Waals surface area contributed by atoms with Gasteiger partial charge in [-0.15, -0.1) is 11.8 Å². The number of esters is 1. The molecule has 2 aromatic carbocycles. The molecule has 11 nitrogen and oxygen atoms in total. The van der Waals surface area contributed by atoms with Crippen molar-refractivity contribution in [2.75, 3.05) is 18.0 Å². The van der Waals surface area contributed by atoms with Gasteiger partial charge in [0.1, 0.15) is 35.3 Å². The lowest BCUT2D eigenvalue weighted by atomic mass is 10.1. The maximum atomic E-state index is 14.5. The van der Waals surface area contributed by atoms with Gasteiger partial charge in [-0.2, -0.15) is 5.26 Å². The van der Waals surface area contributed by atoms with Crippen molar-refractivity contribution in [1.82, 2.24) is 14.8 Å². The van der Waals surface area contributed by atoms with E-state index in [4.69, 9.17) is 20.5 Å². The fourth-order valence-electron chi connectivity index (χ4n) is 5.46. The van der Waals surface area contributed by atoms with E-state index >= 15 is 0 Å². The van der Waals surface area contributed by atoms with Crippen molar-refractivity contribution in [3.63, 3.8) is 0 Å². The van der Waals surface area contributed by atoms with Gasteiger partial charge in [0.2, 0.25) is 5.91 Å². The van der Waals surface area contributed by atoms with E-state index in [1.165, 1.54) is 6.07 Å². The van der Waals surface area contributed by atoms with Gasteiger partial charge in [0.25, 0.3) is 5.56 Å². The number of carbonyl (C=O) groups is 2. The molecule has 5 rings (SSSR count). The number of thioether (sulfide) groups is 1. The standard InChI is InChI=1S/C34H37FN6O5S/c1-34(2,3)46-30(42)12-10-27(32(37)43)41-33(44)24-5-4-6-28(31(24)39-41)45-20-22-8-11-29(38-19-22)47-23-13-15-40(16-14-23)26-9-7-21(18-36)17-25(26)35/h4-9,11,17,19,23,27,39H,10,12-16,20H2,1-3H3,(H2,37,43). The lowest BCUT2D eigenvalue weighted by Gasteiger charge is -2.33. The summed E-state index contributed by atoms with van der Waals surface area (Å²) in [6.07, 6.45) is 3.40. The molecule has 246 valence electrons. The molecule has 0 bridgehead atoms. The van der Waals surface area contributed by atoms with Crippen molar-refractivity contribution in [3.8, 4) is 11.8 Å². The van der Waals surface area contributed by atoms with E-state index in [2.05, 4.69) is 10.1 Å². The van der Waals surface area contributed by atoms with Crippen LogP contribution in [0.2, 0.25) is 0 Å². The first-order valence-corrected chi connectivity index (χ1v) is 16.2. The Balaban J connectivity index is 1.18. The predicted octanol–water partition coefficient (Wildman–Crippen LogP) is 5.22. The monoisotopic (exact) mass is 660 g/mol. The summed E-state index contributed by atoms with van der Waals surface area (Å²) in [5.41, 5.74) is 6.57. The summed E-state index contributed by atoms with van der Waals surface area (Å²) in [6.45, 7) is 6.87. The van der Waals surface area contributed by atoms with Gasteiger partial charge in [0.15, 0.2) is 0 Å². The molecule has 1 aliphatic heterocycles. The number of hydrogen-bond donors (Lipinski definition) is 2. The topological polar surface area (TPSA) is 156 Å². The second-order valence-corrected chi connectivity index (χ2v) is 13.7. The van der Waals surface area contributed by atoms with Crippen molar-refractivity contribution >= 4 is 40.2 Å². The third-order valence-corrected chi connectivity index (χ3v) is 9.02. The molecule has 1 unspecified atom stereocenters. The third kappa shape index (κ3) is 8.31. The number of H-pyrrole nitrogens is 1. The zero-order valence-electron chi connectivity index (χ0n) is 26.5. The molecule has 1 atom stereocenters. The fraction of sp³-hybridized carbons (Fsp3) is 0.382. The van der Waals surface area contributed by atoms with Crippen LogP contribution in [0.15, 0.2) is 64.5 Å². The van der Waals surface area contributed by atoms with E-state index in [0.29, 0.717) is 46.2 Å². The van der Waals surface area contributed by atoms with Gasteiger partial charge >= 0.3 is 5.97 Å². The summed E-state index contributed by atoms with van der Waals surface area (Å²) in [4.78, 5) is 44.4. The number of nitriles is 1. The molecular weight excluding hydrogens is 623 g/mol. The molecule has 1 aliphatic rings. The summed E-state index contributed by atoms with van der Waals surface area (Å²) < 4.78 is 27.0. The second kappa shape index (κ2) is 14.3. The number of fused-ring (bicyclic) bond motifs is 1. The number of benzene rings is 2. The third-order valence-electron chi connectivity index (χ3n) is 7.73. The Morgan fingerprint density at radius 1 is 1.19 bits per heavy atom. The van der Waals surface area contributed by atoms with Crippen molar-refractivity contribution in [1.29, 1.82) is 5.26 Å². The molecule has 0 spiro atoms. The smallest absolute Gasteiger partial charge is 0.306 e. The van der Waals surface area contributed by atoms with E-state index in [0.717, 1.165) is 28.1 Å². The highest BCUT2D eigenvalue weighted by atomic mass is 32.2. The maximum absolute atomic E-state index is 14.5. The molecule has 1 fully saturated rings. The number of hydrogen-bond acceptors (Lipinski definition) is 9. The van der Waals surface area contributed by atoms with Crippen LogP contribution in [0, 0.1) is 17.1 Å². The lowest BCUT2D eigenvalue weighted by molar-refractivity contribution is -0.155. The Morgan fingerprint density at radius 3 is 2.60 bits per heavy atom. The minimum Gasteiger partial charge on any atom is -0.487 e. The van der Waals surface area contributed by atoms with Gasteiger partial charge in [-0.1, -0.05) is 12.1 Å². The summed E-state index contributed by atoms with van der Waals surface area (Å²) in [5, 5.41) is 13.5.